The summed E-state index contributed by atoms with van der Waals surface area (Å²) in [6.45, 7) is 1.92. The largest absolute Gasteiger partial charge is 0.345 e. The van der Waals surface area contributed by atoms with Crippen LogP contribution >= 0.6 is 15.9 Å². The maximum Gasteiger partial charge on any atom is 0.251 e. The lowest BCUT2D eigenvalue weighted by atomic mass is 10.1. The number of nitrogens with one attached hydrogen (secondary N) is 1. The highest BCUT2D eigenvalue weighted by atomic mass is 79.9. The van der Waals surface area contributed by atoms with Gasteiger partial charge >= 0.3 is 0 Å². The summed E-state index contributed by atoms with van der Waals surface area (Å²) in [5.74, 6) is -0.189. The first-order valence-corrected chi connectivity index (χ1v) is 6.96. The summed E-state index contributed by atoms with van der Waals surface area (Å²) >= 11 is 3.47. The van der Waals surface area contributed by atoms with E-state index in [0.717, 1.165) is 10.0 Å². The number of carbonyl (C=O) groups excluding carboxylic acids is 1. The summed E-state index contributed by atoms with van der Waals surface area (Å²) in [5, 5.41) is 11.8. The van der Waals surface area contributed by atoms with Crippen LogP contribution in [0.1, 0.15) is 34.5 Å². The summed E-state index contributed by atoms with van der Waals surface area (Å²) < 4.78 is 0.957. The fourth-order valence-corrected chi connectivity index (χ4v) is 2.54. The number of hydrogen-bond donors (Lipinski definition) is 1. The number of halogens is 1. The zero-order valence-corrected chi connectivity index (χ0v) is 12.5. The van der Waals surface area contributed by atoms with Crippen LogP contribution in [0.2, 0.25) is 0 Å². The lowest BCUT2D eigenvalue weighted by Gasteiger charge is -2.16. The quantitative estimate of drug-likeness (QED) is 0.931. The summed E-state index contributed by atoms with van der Waals surface area (Å²) in [7, 11) is 0. The van der Waals surface area contributed by atoms with Crippen molar-refractivity contribution in [1.29, 1.82) is 5.26 Å². The molecule has 1 N–H and O–H groups in total. The molecule has 0 saturated carbocycles. The van der Waals surface area contributed by atoms with Gasteiger partial charge in [0.1, 0.15) is 0 Å². The maximum absolute atomic E-state index is 12.2. The van der Waals surface area contributed by atoms with Crippen molar-refractivity contribution < 1.29 is 4.79 Å². The van der Waals surface area contributed by atoms with Crippen molar-refractivity contribution in [3.8, 4) is 6.07 Å². The van der Waals surface area contributed by atoms with Crippen molar-refractivity contribution in [2.75, 3.05) is 0 Å². The Labute approximate surface area is 126 Å². The molecule has 0 aliphatic rings. The standard InChI is InChI=1S/C16H13BrN2O/c1-11(14-7-2-3-8-15(14)17)19-16(20)13-6-4-5-12(9-13)10-18/h2-9,11H,1H3,(H,19,20)/t11-/m0/s1. The van der Waals surface area contributed by atoms with Crippen molar-refractivity contribution in [1.82, 2.24) is 5.32 Å². The van der Waals surface area contributed by atoms with Crippen molar-refractivity contribution in [2.24, 2.45) is 0 Å². The molecule has 0 spiro atoms. The van der Waals surface area contributed by atoms with Crippen molar-refractivity contribution in [3.05, 3.63) is 69.7 Å². The fourth-order valence-electron chi connectivity index (χ4n) is 1.91. The molecule has 2 aromatic carbocycles. The molecule has 0 saturated heterocycles. The van der Waals surface area contributed by atoms with Crippen LogP contribution in [0.25, 0.3) is 0 Å². The molecule has 20 heavy (non-hydrogen) atoms. The van der Waals surface area contributed by atoms with Crippen molar-refractivity contribution in [3.63, 3.8) is 0 Å². The van der Waals surface area contributed by atoms with Gasteiger partial charge in [-0.25, -0.2) is 0 Å². The van der Waals surface area contributed by atoms with E-state index >= 15 is 0 Å². The Morgan fingerprint density at radius 3 is 2.70 bits per heavy atom. The van der Waals surface area contributed by atoms with E-state index in [4.69, 9.17) is 5.26 Å². The Hall–Kier alpha value is -2.12. The van der Waals surface area contributed by atoms with Gasteiger partial charge in [0.2, 0.25) is 0 Å². The first-order chi connectivity index (χ1) is 9.61. The number of rotatable bonds is 3. The summed E-state index contributed by atoms with van der Waals surface area (Å²) in [6, 6.07) is 16.3. The predicted octanol–water partition coefficient (Wildman–Crippen LogP) is 3.81. The second-order valence-corrected chi connectivity index (χ2v) is 5.26. The number of hydrogen-bond acceptors (Lipinski definition) is 2. The van der Waals surface area contributed by atoms with E-state index in [0.29, 0.717) is 11.1 Å². The molecule has 0 aliphatic heterocycles. The SMILES string of the molecule is C[C@H](NC(=O)c1cccc(C#N)c1)c1ccccc1Br. The lowest BCUT2D eigenvalue weighted by Crippen LogP contribution is -2.26. The van der Waals surface area contributed by atoms with Gasteiger partial charge in [0.05, 0.1) is 17.7 Å². The molecule has 3 nitrogen and oxygen atoms in total. The van der Waals surface area contributed by atoms with Gasteiger partial charge in [-0.3, -0.25) is 4.79 Å². The Kier molecular flexibility index (Phi) is 4.54. The van der Waals surface area contributed by atoms with Crippen molar-refractivity contribution >= 4 is 21.8 Å². The summed E-state index contributed by atoms with van der Waals surface area (Å²) in [4.78, 5) is 12.2. The van der Waals surface area contributed by atoms with E-state index in [1.165, 1.54) is 0 Å². The first kappa shape index (κ1) is 14.3. The number of amides is 1. The molecule has 4 heteroatoms. The predicted molar refractivity (Wildman–Crippen MR) is 81.2 cm³/mol. The van der Waals surface area contributed by atoms with Crippen LogP contribution in [0.15, 0.2) is 53.0 Å². The minimum atomic E-state index is -0.189. The van der Waals surface area contributed by atoms with Crippen LogP contribution in [0, 0.1) is 11.3 Å². The molecule has 0 heterocycles. The summed E-state index contributed by atoms with van der Waals surface area (Å²) in [5.41, 5.74) is 1.98. The van der Waals surface area contributed by atoms with Gasteiger partial charge in [-0.15, -0.1) is 0 Å². The first-order valence-electron chi connectivity index (χ1n) is 6.17. The Morgan fingerprint density at radius 1 is 1.25 bits per heavy atom. The number of nitrogens with zero attached hydrogens (tertiary/aromatic N) is 1. The average molecular weight is 329 g/mol. The van der Waals surface area contributed by atoms with E-state index in [1.807, 2.05) is 37.3 Å². The third-order valence-corrected chi connectivity index (χ3v) is 3.70. The molecule has 0 fully saturated rings. The van der Waals surface area contributed by atoms with Gasteiger partial charge in [-0.1, -0.05) is 40.2 Å². The average Bonchev–Trinajstić information content (AvgIpc) is 2.47. The zero-order chi connectivity index (χ0) is 14.5. The smallest absolute Gasteiger partial charge is 0.251 e. The van der Waals surface area contributed by atoms with Gasteiger partial charge in [0.15, 0.2) is 0 Å². The molecule has 0 aliphatic carbocycles. The van der Waals surface area contributed by atoms with Crippen LogP contribution in [0.5, 0.6) is 0 Å². The second-order valence-electron chi connectivity index (χ2n) is 4.41. The normalized spacial score (nSPS) is 11.4. The third kappa shape index (κ3) is 3.25. The molecule has 2 rings (SSSR count). The third-order valence-electron chi connectivity index (χ3n) is 2.97. The monoisotopic (exact) mass is 328 g/mol. The zero-order valence-electron chi connectivity index (χ0n) is 10.9. The molecular formula is C16H13BrN2O. The summed E-state index contributed by atoms with van der Waals surface area (Å²) in [6.07, 6.45) is 0. The fraction of sp³-hybridized carbons (Fsp3) is 0.125. The number of benzene rings is 2. The molecule has 0 radical (unpaired) electrons. The van der Waals surface area contributed by atoms with E-state index < -0.39 is 0 Å². The molecule has 100 valence electrons. The van der Waals surface area contributed by atoms with Crippen LogP contribution in [-0.4, -0.2) is 5.91 Å². The molecule has 0 unspecified atom stereocenters. The highest BCUT2D eigenvalue weighted by molar-refractivity contribution is 9.10. The molecule has 0 aromatic heterocycles. The Balaban J connectivity index is 2.15. The van der Waals surface area contributed by atoms with Crippen LogP contribution in [-0.2, 0) is 0 Å². The van der Waals surface area contributed by atoms with E-state index in [2.05, 4.69) is 21.2 Å². The minimum Gasteiger partial charge on any atom is -0.345 e. The topological polar surface area (TPSA) is 52.9 Å². The number of nitriles is 1. The Bertz CT molecular complexity index is 676. The lowest BCUT2D eigenvalue weighted by molar-refractivity contribution is 0.0939. The molecule has 1 amide bonds. The molecular weight excluding hydrogens is 316 g/mol. The second kappa shape index (κ2) is 6.36. The van der Waals surface area contributed by atoms with Gasteiger partial charge in [0.25, 0.3) is 5.91 Å². The number of carbonyl (C=O) groups is 1. The van der Waals surface area contributed by atoms with E-state index in [1.54, 1.807) is 24.3 Å². The van der Waals surface area contributed by atoms with E-state index in [-0.39, 0.29) is 11.9 Å². The van der Waals surface area contributed by atoms with Gasteiger partial charge in [0, 0.05) is 10.0 Å². The van der Waals surface area contributed by atoms with Crippen LogP contribution in [0.4, 0.5) is 0 Å². The van der Waals surface area contributed by atoms with E-state index in [9.17, 15) is 4.79 Å². The van der Waals surface area contributed by atoms with Crippen LogP contribution in [0.3, 0.4) is 0 Å². The molecule has 1 atom stereocenters. The minimum absolute atomic E-state index is 0.121. The highest BCUT2D eigenvalue weighted by Gasteiger charge is 2.13. The van der Waals surface area contributed by atoms with Gasteiger partial charge in [-0.05, 0) is 36.8 Å². The Morgan fingerprint density at radius 2 is 2.00 bits per heavy atom. The molecule has 2 aromatic rings. The molecule has 0 bridgehead atoms. The van der Waals surface area contributed by atoms with Crippen LogP contribution < -0.4 is 5.32 Å². The maximum atomic E-state index is 12.2. The van der Waals surface area contributed by atoms with Gasteiger partial charge < -0.3 is 5.32 Å². The van der Waals surface area contributed by atoms with Gasteiger partial charge in [-0.2, -0.15) is 5.26 Å². The highest BCUT2D eigenvalue weighted by Crippen LogP contribution is 2.23. The van der Waals surface area contributed by atoms with Crippen molar-refractivity contribution in [2.45, 2.75) is 13.0 Å².